The zero-order valence-electron chi connectivity index (χ0n) is 3.85. The standard InChI is InChI=1S/C4H4BrN2/c1-7-2-4(5)6-3-7/h3H,1H3. The molecule has 0 saturated heterocycles. The molecule has 3 heteroatoms. The second kappa shape index (κ2) is 1.66. The molecule has 0 N–H and O–H groups in total. The monoisotopic (exact) mass is 159 g/mol. The summed E-state index contributed by atoms with van der Waals surface area (Å²) < 4.78 is 2.51. The van der Waals surface area contributed by atoms with Gasteiger partial charge in [0.2, 0.25) is 0 Å². The summed E-state index contributed by atoms with van der Waals surface area (Å²) in [6, 6.07) is 0. The number of hydrogen-bond acceptors (Lipinski definition) is 1. The van der Waals surface area contributed by atoms with Gasteiger partial charge in [-0.1, -0.05) is 0 Å². The van der Waals surface area contributed by atoms with Gasteiger partial charge >= 0.3 is 0 Å². The summed E-state index contributed by atoms with van der Waals surface area (Å²) in [5.74, 6) is 0. The van der Waals surface area contributed by atoms with Crippen LogP contribution >= 0.6 is 15.9 Å². The predicted molar refractivity (Wildman–Crippen MR) is 29.7 cm³/mol. The van der Waals surface area contributed by atoms with E-state index in [2.05, 4.69) is 27.1 Å². The lowest BCUT2D eigenvalue weighted by atomic mass is 10.9. The van der Waals surface area contributed by atoms with Crippen LogP contribution in [0.4, 0.5) is 0 Å². The van der Waals surface area contributed by atoms with Crippen LogP contribution in [0.15, 0.2) is 10.9 Å². The summed E-state index contributed by atoms with van der Waals surface area (Å²) in [5.41, 5.74) is 0. The number of nitrogens with zero attached hydrogens (tertiary/aromatic N) is 2. The first-order chi connectivity index (χ1) is 3.29. The number of rotatable bonds is 0. The molecule has 7 heavy (non-hydrogen) atoms. The smallest absolute Gasteiger partial charge is 0.133 e. The van der Waals surface area contributed by atoms with Crippen LogP contribution in [0.2, 0.25) is 0 Å². The highest BCUT2D eigenvalue weighted by Crippen LogP contribution is 2.00. The van der Waals surface area contributed by atoms with Crippen molar-refractivity contribution in [2.45, 2.75) is 0 Å². The second-order valence-electron chi connectivity index (χ2n) is 1.26. The van der Waals surface area contributed by atoms with E-state index < -0.39 is 0 Å². The molecule has 0 aliphatic heterocycles. The van der Waals surface area contributed by atoms with E-state index in [4.69, 9.17) is 0 Å². The minimum atomic E-state index is 0.759. The minimum absolute atomic E-state index is 0.759. The van der Waals surface area contributed by atoms with Gasteiger partial charge in [0, 0.05) is 7.05 Å². The normalized spacial score (nSPS) is 9.43. The molecule has 2 nitrogen and oxygen atoms in total. The van der Waals surface area contributed by atoms with Crippen molar-refractivity contribution in [3.05, 3.63) is 17.1 Å². The zero-order valence-corrected chi connectivity index (χ0v) is 5.44. The average molecular weight is 160 g/mol. The van der Waals surface area contributed by atoms with E-state index in [0.29, 0.717) is 0 Å². The number of hydrogen-bond donors (Lipinski definition) is 0. The molecule has 0 bridgehead atoms. The molecule has 0 amide bonds. The maximum atomic E-state index is 3.84. The lowest BCUT2D eigenvalue weighted by Crippen LogP contribution is -1.77. The third-order valence-electron chi connectivity index (χ3n) is 0.613. The Kier molecular flexibility index (Phi) is 1.15. The van der Waals surface area contributed by atoms with Crippen molar-refractivity contribution < 1.29 is 0 Å². The van der Waals surface area contributed by atoms with E-state index in [1.807, 2.05) is 7.05 Å². The maximum Gasteiger partial charge on any atom is 0.133 e. The molecule has 0 aliphatic rings. The highest BCUT2D eigenvalue weighted by Gasteiger charge is 1.85. The average Bonchev–Trinajstić information content (AvgIpc) is 1.87. The first kappa shape index (κ1) is 4.84. The van der Waals surface area contributed by atoms with Gasteiger partial charge in [-0.05, 0) is 15.9 Å². The van der Waals surface area contributed by atoms with Crippen molar-refractivity contribution in [2.24, 2.45) is 7.05 Å². The SMILES string of the molecule is Cn1[c]c(Br)nc1. The molecule has 1 radical (unpaired) electrons. The largest absolute Gasteiger partial charge is 0.331 e. The van der Waals surface area contributed by atoms with Crippen LogP contribution in [0.3, 0.4) is 0 Å². The molecule has 1 heterocycles. The zero-order chi connectivity index (χ0) is 5.28. The van der Waals surface area contributed by atoms with E-state index in [1.165, 1.54) is 0 Å². The quantitative estimate of drug-likeness (QED) is 0.553. The summed E-state index contributed by atoms with van der Waals surface area (Å²) in [6.07, 6.45) is 4.55. The topological polar surface area (TPSA) is 17.8 Å². The van der Waals surface area contributed by atoms with E-state index >= 15 is 0 Å². The summed E-state index contributed by atoms with van der Waals surface area (Å²) in [5, 5.41) is 0. The third-order valence-corrected chi connectivity index (χ3v) is 0.995. The Labute approximate surface area is 50.3 Å². The van der Waals surface area contributed by atoms with Gasteiger partial charge in [0.05, 0.1) is 6.33 Å². The molecule has 1 aromatic heterocycles. The highest BCUT2D eigenvalue weighted by molar-refractivity contribution is 9.10. The van der Waals surface area contributed by atoms with Gasteiger partial charge in [0.15, 0.2) is 0 Å². The molecule has 1 aromatic rings. The van der Waals surface area contributed by atoms with Crippen LogP contribution in [0.25, 0.3) is 0 Å². The fourth-order valence-corrected chi connectivity index (χ4v) is 0.712. The van der Waals surface area contributed by atoms with Crippen molar-refractivity contribution in [2.75, 3.05) is 0 Å². The second-order valence-corrected chi connectivity index (χ2v) is 2.01. The molecule has 0 aromatic carbocycles. The predicted octanol–water partition coefficient (Wildman–Crippen LogP) is 0.983. The van der Waals surface area contributed by atoms with Gasteiger partial charge in [-0.2, -0.15) is 0 Å². The first-order valence-corrected chi connectivity index (χ1v) is 2.64. The summed E-state index contributed by atoms with van der Waals surface area (Å²) in [4.78, 5) is 3.84. The third kappa shape index (κ3) is 1.03. The summed E-state index contributed by atoms with van der Waals surface area (Å²) in [6.45, 7) is 0. The van der Waals surface area contributed by atoms with E-state index in [9.17, 15) is 0 Å². The van der Waals surface area contributed by atoms with E-state index in [-0.39, 0.29) is 0 Å². The Morgan fingerprint density at radius 2 is 2.71 bits per heavy atom. The Morgan fingerprint density at radius 1 is 2.00 bits per heavy atom. The number of halogens is 1. The molecule has 0 atom stereocenters. The summed E-state index contributed by atoms with van der Waals surface area (Å²) >= 11 is 3.14. The molecular formula is C4H4BrN2. The van der Waals surface area contributed by atoms with Crippen LogP contribution in [0.5, 0.6) is 0 Å². The van der Waals surface area contributed by atoms with Crippen LogP contribution in [0.1, 0.15) is 0 Å². The molecule has 1 rings (SSSR count). The number of imidazole rings is 1. The Hall–Kier alpha value is -0.310. The van der Waals surface area contributed by atoms with Gasteiger partial charge in [0.1, 0.15) is 10.8 Å². The number of aromatic nitrogens is 2. The van der Waals surface area contributed by atoms with Gasteiger partial charge in [-0.25, -0.2) is 4.98 Å². The van der Waals surface area contributed by atoms with Gasteiger partial charge in [0.25, 0.3) is 0 Å². The van der Waals surface area contributed by atoms with Crippen molar-refractivity contribution in [1.29, 1.82) is 0 Å². The highest BCUT2D eigenvalue weighted by atomic mass is 79.9. The Balaban J connectivity index is 3.04. The van der Waals surface area contributed by atoms with Crippen molar-refractivity contribution in [3.63, 3.8) is 0 Å². The molecule has 0 saturated carbocycles. The van der Waals surface area contributed by atoms with E-state index in [1.54, 1.807) is 10.9 Å². The van der Waals surface area contributed by atoms with Crippen LogP contribution in [-0.4, -0.2) is 9.55 Å². The van der Waals surface area contributed by atoms with Crippen molar-refractivity contribution in [3.8, 4) is 0 Å². The van der Waals surface area contributed by atoms with Crippen LogP contribution < -0.4 is 0 Å². The van der Waals surface area contributed by atoms with Crippen molar-refractivity contribution >= 4 is 15.9 Å². The molecule has 0 fully saturated rings. The molecule has 37 valence electrons. The van der Waals surface area contributed by atoms with Crippen LogP contribution in [-0.2, 0) is 7.05 Å². The fraction of sp³-hybridized carbons (Fsp3) is 0.250. The first-order valence-electron chi connectivity index (χ1n) is 1.85. The Bertz CT molecular complexity index is 142. The van der Waals surface area contributed by atoms with Crippen LogP contribution in [0, 0.1) is 6.20 Å². The minimum Gasteiger partial charge on any atom is -0.331 e. The fourth-order valence-electron chi connectivity index (χ4n) is 0.341. The summed E-state index contributed by atoms with van der Waals surface area (Å²) in [7, 11) is 1.87. The Morgan fingerprint density at radius 3 is 2.86 bits per heavy atom. The van der Waals surface area contributed by atoms with Gasteiger partial charge in [-0.15, -0.1) is 0 Å². The van der Waals surface area contributed by atoms with Gasteiger partial charge in [-0.3, -0.25) is 0 Å². The number of aryl methyl sites for hydroxylation is 1. The lowest BCUT2D eigenvalue weighted by Gasteiger charge is -1.76. The van der Waals surface area contributed by atoms with Gasteiger partial charge < -0.3 is 4.57 Å². The molecular weight excluding hydrogens is 156 g/mol. The van der Waals surface area contributed by atoms with Crippen molar-refractivity contribution in [1.82, 2.24) is 9.55 Å². The maximum absolute atomic E-state index is 3.84. The molecule has 0 aliphatic carbocycles. The molecule has 0 unspecified atom stereocenters. The molecule has 0 spiro atoms. The van der Waals surface area contributed by atoms with E-state index in [0.717, 1.165) is 4.60 Å². The lowest BCUT2D eigenvalue weighted by molar-refractivity contribution is 0.905.